The molecular formula is C9H17NO2. The second kappa shape index (κ2) is 4.24. The summed E-state index contributed by atoms with van der Waals surface area (Å²) in [5, 5.41) is 2.56. The van der Waals surface area contributed by atoms with Crippen LogP contribution in [0.4, 0.5) is 0 Å². The van der Waals surface area contributed by atoms with Gasteiger partial charge in [0.1, 0.15) is 6.29 Å². The van der Waals surface area contributed by atoms with Crippen LogP contribution in [0.3, 0.4) is 0 Å². The number of amides is 1. The normalized spacial score (nSPS) is 13.7. The van der Waals surface area contributed by atoms with Crippen LogP contribution in [0.15, 0.2) is 0 Å². The highest BCUT2D eigenvalue weighted by molar-refractivity contribution is 5.81. The number of hydrogen-bond donors (Lipinski definition) is 1. The van der Waals surface area contributed by atoms with Crippen LogP contribution in [0.1, 0.15) is 27.2 Å². The van der Waals surface area contributed by atoms with Gasteiger partial charge >= 0.3 is 0 Å². The zero-order chi connectivity index (χ0) is 9.78. The first kappa shape index (κ1) is 11.1. The maximum atomic E-state index is 11.3. The Labute approximate surface area is 73.5 Å². The van der Waals surface area contributed by atoms with Crippen molar-refractivity contribution in [2.75, 3.05) is 7.05 Å². The van der Waals surface area contributed by atoms with E-state index in [2.05, 4.69) is 5.32 Å². The molecule has 0 aliphatic carbocycles. The lowest BCUT2D eigenvalue weighted by atomic mass is 9.78. The third kappa shape index (κ3) is 3.03. The van der Waals surface area contributed by atoms with Crippen LogP contribution in [-0.4, -0.2) is 19.2 Å². The summed E-state index contributed by atoms with van der Waals surface area (Å²) in [6.45, 7) is 5.86. The Balaban J connectivity index is 4.43. The van der Waals surface area contributed by atoms with E-state index < -0.39 is 0 Å². The minimum atomic E-state index is -0.222. The number of carbonyl (C=O) groups excluding carboxylic acids is 2. The van der Waals surface area contributed by atoms with Gasteiger partial charge in [0.15, 0.2) is 0 Å². The zero-order valence-electron chi connectivity index (χ0n) is 8.18. The lowest BCUT2D eigenvalue weighted by Gasteiger charge is -2.27. The maximum Gasteiger partial charge on any atom is 0.223 e. The molecule has 70 valence electrons. The molecule has 0 aromatic rings. The van der Waals surface area contributed by atoms with Gasteiger partial charge < -0.3 is 10.1 Å². The SMILES string of the molecule is CNC(=O)C(CC=O)C(C)(C)C. The average Bonchev–Trinajstić information content (AvgIpc) is 1.96. The summed E-state index contributed by atoms with van der Waals surface area (Å²) in [5.74, 6) is -0.283. The molecule has 3 nitrogen and oxygen atoms in total. The lowest BCUT2D eigenvalue weighted by Crippen LogP contribution is -2.36. The van der Waals surface area contributed by atoms with E-state index in [4.69, 9.17) is 0 Å². The van der Waals surface area contributed by atoms with Crippen LogP contribution in [0.5, 0.6) is 0 Å². The Kier molecular flexibility index (Phi) is 3.93. The van der Waals surface area contributed by atoms with Crippen molar-refractivity contribution in [2.45, 2.75) is 27.2 Å². The standard InChI is InChI=1S/C9H17NO2/c1-9(2,3)7(5-6-11)8(12)10-4/h6-7H,5H2,1-4H3,(H,10,12). The summed E-state index contributed by atoms with van der Waals surface area (Å²) < 4.78 is 0. The molecule has 0 aromatic heterocycles. The molecule has 0 aliphatic heterocycles. The highest BCUT2D eigenvalue weighted by atomic mass is 16.2. The smallest absolute Gasteiger partial charge is 0.223 e. The van der Waals surface area contributed by atoms with Gasteiger partial charge in [-0.3, -0.25) is 4.79 Å². The van der Waals surface area contributed by atoms with Crippen molar-refractivity contribution in [1.82, 2.24) is 5.32 Å². The molecule has 0 fully saturated rings. The van der Waals surface area contributed by atoms with Crippen LogP contribution >= 0.6 is 0 Å². The summed E-state index contributed by atoms with van der Waals surface area (Å²) in [4.78, 5) is 21.6. The van der Waals surface area contributed by atoms with Crippen molar-refractivity contribution in [3.05, 3.63) is 0 Å². The highest BCUT2D eigenvalue weighted by Gasteiger charge is 2.29. The molecular weight excluding hydrogens is 154 g/mol. The second-order valence-electron chi connectivity index (χ2n) is 3.94. The first-order chi connectivity index (χ1) is 5.43. The van der Waals surface area contributed by atoms with Crippen molar-refractivity contribution >= 4 is 12.2 Å². The van der Waals surface area contributed by atoms with Crippen LogP contribution < -0.4 is 5.32 Å². The molecule has 12 heavy (non-hydrogen) atoms. The molecule has 0 spiro atoms. The van der Waals surface area contributed by atoms with Crippen LogP contribution in [-0.2, 0) is 9.59 Å². The van der Waals surface area contributed by atoms with E-state index in [-0.39, 0.29) is 17.2 Å². The highest BCUT2D eigenvalue weighted by Crippen LogP contribution is 2.27. The summed E-state index contributed by atoms with van der Waals surface area (Å²) in [7, 11) is 1.59. The third-order valence-corrected chi connectivity index (χ3v) is 1.94. The van der Waals surface area contributed by atoms with E-state index in [9.17, 15) is 9.59 Å². The molecule has 0 rings (SSSR count). The van der Waals surface area contributed by atoms with Gasteiger partial charge in [-0.1, -0.05) is 20.8 Å². The first-order valence-corrected chi connectivity index (χ1v) is 4.08. The lowest BCUT2D eigenvalue weighted by molar-refractivity contribution is -0.129. The van der Waals surface area contributed by atoms with E-state index >= 15 is 0 Å². The van der Waals surface area contributed by atoms with Crippen LogP contribution in [0.2, 0.25) is 0 Å². The van der Waals surface area contributed by atoms with Crippen LogP contribution in [0, 0.1) is 11.3 Å². The molecule has 0 bridgehead atoms. The molecule has 1 amide bonds. The van der Waals surface area contributed by atoms with Gasteiger partial charge in [-0.05, 0) is 5.41 Å². The number of carbonyl (C=O) groups is 2. The number of hydrogen-bond acceptors (Lipinski definition) is 2. The van der Waals surface area contributed by atoms with E-state index in [0.29, 0.717) is 6.42 Å². The van der Waals surface area contributed by atoms with Crippen molar-refractivity contribution in [2.24, 2.45) is 11.3 Å². The topological polar surface area (TPSA) is 46.2 Å². The van der Waals surface area contributed by atoms with Gasteiger partial charge in [-0.25, -0.2) is 0 Å². The molecule has 0 radical (unpaired) electrons. The molecule has 0 saturated heterocycles. The maximum absolute atomic E-state index is 11.3. The largest absolute Gasteiger partial charge is 0.359 e. The quantitative estimate of drug-likeness (QED) is 0.643. The van der Waals surface area contributed by atoms with Crippen molar-refractivity contribution < 1.29 is 9.59 Å². The Morgan fingerprint density at radius 3 is 2.25 bits per heavy atom. The zero-order valence-corrected chi connectivity index (χ0v) is 8.18. The van der Waals surface area contributed by atoms with Gasteiger partial charge in [0.25, 0.3) is 0 Å². The van der Waals surface area contributed by atoms with Gasteiger partial charge in [0.2, 0.25) is 5.91 Å². The monoisotopic (exact) mass is 171 g/mol. The Morgan fingerprint density at radius 2 is 2.00 bits per heavy atom. The second-order valence-corrected chi connectivity index (χ2v) is 3.94. The predicted molar refractivity (Wildman–Crippen MR) is 47.7 cm³/mol. The molecule has 0 aliphatic rings. The molecule has 3 heteroatoms. The van der Waals surface area contributed by atoms with Gasteiger partial charge in [-0.15, -0.1) is 0 Å². The van der Waals surface area contributed by atoms with E-state index in [1.165, 1.54) is 0 Å². The molecule has 1 unspecified atom stereocenters. The number of rotatable bonds is 3. The van der Waals surface area contributed by atoms with Gasteiger partial charge in [-0.2, -0.15) is 0 Å². The predicted octanol–water partition coefficient (Wildman–Crippen LogP) is 0.984. The molecule has 0 heterocycles. The summed E-state index contributed by atoms with van der Waals surface area (Å²) in [6, 6.07) is 0. The Morgan fingerprint density at radius 1 is 1.50 bits per heavy atom. The van der Waals surface area contributed by atoms with Crippen LogP contribution in [0.25, 0.3) is 0 Å². The molecule has 0 aromatic carbocycles. The molecule has 0 saturated carbocycles. The van der Waals surface area contributed by atoms with Gasteiger partial charge in [0.05, 0.1) is 0 Å². The van der Waals surface area contributed by atoms with E-state index in [1.54, 1.807) is 7.05 Å². The average molecular weight is 171 g/mol. The minimum Gasteiger partial charge on any atom is -0.359 e. The van der Waals surface area contributed by atoms with E-state index in [0.717, 1.165) is 6.29 Å². The number of nitrogens with one attached hydrogen (secondary N) is 1. The van der Waals surface area contributed by atoms with Crippen molar-refractivity contribution in [3.63, 3.8) is 0 Å². The first-order valence-electron chi connectivity index (χ1n) is 4.08. The third-order valence-electron chi connectivity index (χ3n) is 1.94. The fraction of sp³-hybridized carbons (Fsp3) is 0.778. The Hall–Kier alpha value is -0.860. The number of aldehydes is 1. The molecule has 1 N–H and O–H groups in total. The van der Waals surface area contributed by atoms with E-state index in [1.807, 2.05) is 20.8 Å². The molecule has 1 atom stereocenters. The van der Waals surface area contributed by atoms with Crippen molar-refractivity contribution in [1.29, 1.82) is 0 Å². The fourth-order valence-corrected chi connectivity index (χ4v) is 1.12. The summed E-state index contributed by atoms with van der Waals surface area (Å²) >= 11 is 0. The van der Waals surface area contributed by atoms with Gasteiger partial charge in [0, 0.05) is 19.4 Å². The minimum absolute atomic E-state index is 0.0606. The van der Waals surface area contributed by atoms with Crippen molar-refractivity contribution in [3.8, 4) is 0 Å². The summed E-state index contributed by atoms with van der Waals surface area (Å²) in [6.07, 6.45) is 1.09. The fourth-order valence-electron chi connectivity index (χ4n) is 1.12. The Bertz CT molecular complexity index is 170. The summed E-state index contributed by atoms with van der Waals surface area (Å²) in [5.41, 5.74) is -0.152.